The van der Waals surface area contributed by atoms with Crippen LogP contribution < -0.4 is 11.1 Å². The zero-order chi connectivity index (χ0) is 18.2. The molecule has 0 bridgehead atoms. The summed E-state index contributed by atoms with van der Waals surface area (Å²) in [5.41, 5.74) is 9.97. The maximum atomic E-state index is 5.89. The van der Waals surface area contributed by atoms with Gasteiger partial charge in [-0.05, 0) is 31.2 Å². The Morgan fingerprint density at radius 1 is 1.12 bits per heavy atom. The van der Waals surface area contributed by atoms with Crippen LogP contribution in [-0.4, -0.2) is 29.0 Å². The number of aliphatic imine (C=N–C) groups is 1. The van der Waals surface area contributed by atoms with E-state index in [1.807, 2.05) is 42.5 Å². The van der Waals surface area contributed by atoms with E-state index in [4.69, 9.17) is 10.2 Å². The first-order valence-corrected chi connectivity index (χ1v) is 8.66. The van der Waals surface area contributed by atoms with Gasteiger partial charge in [0.25, 0.3) is 0 Å². The third kappa shape index (κ3) is 5.17. The van der Waals surface area contributed by atoms with Crippen LogP contribution in [0.5, 0.6) is 0 Å². The van der Waals surface area contributed by atoms with Crippen molar-refractivity contribution in [2.24, 2.45) is 10.7 Å². The smallest absolute Gasteiger partial charge is 0.226 e. The molecule has 0 spiro atoms. The number of oxazole rings is 1. The van der Waals surface area contributed by atoms with E-state index in [0.717, 1.165) is 23.4 Å². The quantitative estimate of drug-likeness (QED) is 0.506. The van der Waals surface area contributed by atoms with Crippen molar-refractivity contribution >= 4 is 5.96 Å². The third-order valence-corrected chi connectivity index (χ3v) is 3.91. The Morgan fingerprint density at radius 3 is 2.73 bits per heavy atom. The Labute approximate surface area is 153 Å². The summed E-state index contributed by atoms with van der Waals surface area (Å²) in [4.78, 5) is 13.1. The van der Waals surface area contributed by atoms with E-state index in [1.165, 1.54) is 5.56 Å². The number of nitrogens with zero attached hydrogens (tertiary/aromatic N) is 3. The highest BCUT2D eigenvalue weighted by Gasteiger charge is 2.06. The summed E-state index contributed by atoms with van der Waals surface area (Å²) >= 11 is 0. The molecule has 26 heavy (non-hydrogen) atoms. The van der Waals surface area contributed by atoms with Crippen LogP contribution in [0.25, 0.3) is 11.5 Å². The number of guanidine groups is 1. The third-order valence-electron chi connectivity index (χ3n) is 3.91. The van der Waals surface area contributed by atoms with Crippen LogP contribution in [0.2, 0.25) is 0 Å². The SMILES string of the molecule is Cc1ccc(-c2nc(CCNC(N)=NCCc3ccccn3)co2)cc1. The number of hydrogen-bond acceptors (Lipinski definition) is 4. The Balaban J connectivity index is 1.43. The predicted molar refractivity (Wildman–Crippen MR) is 103 cm³/mol. The molecule has 0 unspecified atom stereocenters. The van der Waals surface area contributed by atoms with Crippen LogP contribution in [-0.2, 0) is 12.8 Å². The van der Waals surface area contributed by atoms with E-state index in [-0.39, 0.29) is 0 Å². The van der Waals surface area contributed by atoms with Gasteiger partial charge in [0, 0.05) is 43.4 Å². The molecule has 6 heteroatoms. The van der Waals surface area contributed by atoms with Gasteiger partial charge < -0.3 is 15.5 Å². The number of hydrogen-bond donors (Lipinski definition) is 2. The summed E-state index contributed by atoms with van der Waals surface area (Å²) in [5, 5.41) is 3.10. The molecule has 3 N–H and O–H groups in total. The number of benzene rings is 1. The first-order chi connectivity index (χ1) is 12.7. The van der Waals surface area contributed by atoms with Crippen molar-refractivity contribution in [2.45, 2.75) is 19.8 Å². The van der Waals surface area contributed by atoms with Gasteiger partial charge in [0.05, 0.1) is 5.69 Å². The second kappa shape index (κ2) is 8.80. The van der Waals surface area contributed by atoms with Crippen LogP contribution >= 0.6 is 0 Å². The van der Waals surface area contributed by atoms with Gasteiger partial charge in [-0.2, -0.15) is 0 Å². The molecule has 2 heterocycles. The molecule has 6 nitrogen and oxygen atoms in total. The van der Waals surface area contributed by atoms with Crippen molar-refractivity contribution < 1.29 is 4.42 Å². The highest BCUT2D eigenvalue weighted by Crippen LogP contribution is 2.19. The van der Waals surface area contributed by atoms with Crippen molar-refractivity contribution in [1.29, 1.82) is 0 Å². The minimum atomic E-state index is 0.434. The molecule has 0 aliphatic heterocycles. The van der Waals surface area contributed by atoms with Gasteiger partial charge in [0.1, 0.15) is 6.26 Å². The lowest BCUT2D eigenvalue weighted by atomic mass is 10.1. The Hall–Kier alpha value is -3.15. The molecule has 3 rings (SSSR count). The average molecular weight is 349 g/mol. The molecule has 0 saturated heterocycles. The minimum Gasteiger partial charge on any atom is -0.444 e. The molecule has 0 radical (unpaired) electrons. The number of rotatable bonds is 7. The van der Waals surface area contributed by atoms with Crippen LogP contribution in [0.3, 0.4) is 0 Å². The zero-order valence-corrected chi connectivity index (χ0v) is 14.9. The second-order valence-electron chi connectivity index (χ2n) is 6.02. The first kappa shape index (κ1) is 17.7. The molecule has 1 aromatic carbocycles. The highest BCUT2D eigenvalue weighted by atomic mass is 16.3. The van der Waals surface area contributed by atoms with E-state index in [2.05, 4.69) is 27.2 Å². The topological polar surface area (TPSA) is 89.3 Å². The maximum Gasteiger partial charge on any atom is 0.226 e. The van der Waals surface area contributed by atoms with E-state index < -0.39 is 0 Å². The van der Waals surface area contributed by atoms with Gasteiger partial charge in [-0.15, -0.1) is 0 Å². The zero-order valence-electron chi connectivity index (χ0n) is 14.9. The molecule has 0 aliphatic rings. The second-order valence-corrected chi connectivity index (χ2v) is 6.02. The molecule has 2 aromatic heterocycles. The van der Waals surface area contributed by atoms with Gasteiger partial charge in [0.15, 0.2) is 5.96 Å². The van der Waals surface area contributed by atoms with Crippen LogP contribution in [0, 0.1) is 6.92 Å². The molecule has 0 fully saturated rings. The largest absolute Gasteiger partial charge is 0.444 e. The molecule has 134 valence electrons. The van der Waals surface area contributed by atoms with Crippen LogP contribution in [0.1, 0.15) is 17.0 Å². The van der Waals surface area contributed by atoms with Gasteiger partial charge in [0.2, 0.25) is 5.89 Å². The molecular formula is C20H23N5O. The first-order valence-electron chi connectivity index (χ1n) is 8.66. The summed E-state index contributed by atoms with van der Waals surface area (Å²) in [6.45, 7) is 3.31. The Morgan fingerprint density at radius 2 is 1.96 bits per heavy atom. The standard InChI is InChI=1S/C20H23N5O/c1-15-5-7-16(8-6-15)19-25-18(14-26-19)10-13-24-20(21)23-12-9-17-4-2-3-11-22-17/h2-8,11,14H,9-10,12-13H2,1H3,(H3,21,23,24). The van der Waals surface area contributed by atoms with Gasteiger partial charge in [-0.1, -0.05) is 23.8 Å². The van der Waals surface area contributed by atoms with Crippen molar-refractivity contribution in [3.8, 4) is 11.5 Å². The van der Waals surface area contributed by atoms with Crippen molar-refractivity contribution in [2.75, 3.05) is 13.1 Å². The number of aryl methyl sites for hydroxylation is 1. The lowest BCUT2D eigenvalue weighted by Gasteiger charge is -2.04. The number of nitrogens with one attached hydrogen (secondary N) is 1. The monoisotopic (exact) mass is 349 g/mol. The summed E-state index contributed by atoms with van der Waals surface area (Å²) in [6, 6.07) is 14.0. The number of pyridine rings is 1. The lowest BCUT2D eigenvalue weighted by Crippen LogP contribution is -2.33. The summed E-state index contributed by atoms with van der Waals surface area (Å²) in [5.74, 6) is 1.07. The van der Waals surface area contributed by atoms with Gasteiger partial charge in [-0.25, -0.2) is 4.98 Å². The average Bonchev–Trinajstić information content (AvgIpc) is 3.12. The van der Waals surface area contributed by atoms with Crippen molar-refractivity contribution in [1.82, 2.24) is 15.3 Å². The normalized spacial score (nSPS) is 11.5. The predicted octanol–water partition coefficient (Wildman–Crippen LogP) is 2.73. The fourth-order valence-corrected chi connectivity index (χ4v) is 2.46. The van der Waals surface area contributed by atoms with E-state index in [0.29, 0.717) is 31.4 Å². The number of nitrogens with two attached hydrogens (primary N) is 1. The summed E-state index contributed by atoms with van der Waals surface area (Å²) < 4.78 is 5.55. The molecule has 0 saturated carbocycles. The highest BCUT2D eigenvalue weighted by molar-refractivity contribution is 5.77. The Bertz CT molecular complexity index is 840. The van der Waals surface area contributed by atoms with Crippen molar-refractivity contribution in [3.05, 3.63) is 71.9 Å². The maximum absolute atomic E-state index is 5.89. The molecule has 3 aromatic rings. The molecule has 0 amide bonds. The Kier molecular flexibility index (Phi) is 5.98. The fraction of sp³-hybridized carbons (Fsp3) is 0.250. The molecule has 0 aliphatic carbocycles. The van der Waals surface area contributed by atoms with Crippen LogP contribution in [0.15, 0.2) is 64.3 Å². The van der Waals surface area contributed by atoms with Gasteiger partial charge in [-0.3, -0.25) is 9.98 Å². The molecule has 0 atom stereocenters. The summed E-state index contributed by atoms with van der Waals surface area (Å²) in [7, 11) is 0. The number of aromatic nitrogens is 2. The summed E-state index contributed by atoms with van der Waals surface area (Å²) in [6.07, 6.45) is 4.95. The van der Waals surface area contributed by atoms with E-state index in [1.54, 1.807) is 12.5 Å². The van der Waals surface area contributed by atoms with E-state index in [9.17, 15) is 0 Å². The lowest BCUT2D eigenvalue weighted by molar-refractivity contribution is 0.572. The van der Waals surface area contributed by atoms with Crippen molar-refractivity contribution in [3.63, 3.8) is 0 Å². The van der Waals surface area contributed by atoms with E-state index >= 15 is 0 Å². The molecular weight excluding hydrogens is 326 g/mol. The minimum absolute atomic E-state index is 0.434. The van der Waals surface area contributed by atoms with Gasteiger partial charge >= 0.3 is 0 Å². The fourth-order valence-electron chi connectivity index (χ4n) is 2.46. The van der Waals surface area contributed by atoms with Crippen LogP contribution in [0.4, 0.5) is 0 Å².